The lowest BCUT2D eigenvalue weighted by molar-refractivity contribution is 0.0951. The van der Waals surface area contributed by atoms with Gasteiger partial charge in [-0.3, -0.25) is 4.79 Å². The fourth-order valence-electron chi connectivity index (χ4n) is 2.36. The Morgan fingerprint density at radius 3 is 2.65 bits per heavy atom. The number of aliphatic hydroxyl groups excluding tert-OH is 1. The smallest absolute Gasteiger partial charge is 0.251 e. The first-order valence-corrected chi connectivity index (χ1v) is 7.97. The van der Waals surface area contributed by atoms with E-state index in [4.69, 9.17) is 5.11 Å². The number of carbonyl (C=O) groups is 1. The van der Waals surface area contributed by atoms with E-state index in [-0.39, 0.29) is 12.5 Å². The third-order valence-electron chi connectivity index (χ3n) is 3.55. The second kappa shape index (κ2) is 8.39. The summed E-state index contributed by atoms with van der Waals surface area (Å²) >= 11 is 0. The molecule has 0 spiro atoms. The van der Waals surface area contributed by atoms with Gasteiger partial charge in [0.05, 0.1) is 5.69 Å². The number of benzene rings is 1. The molecule has 23 heavy (non-hydrogen) atoms. The van der Waals surface area contributed by atoms with Gasteiger partial charge in [-0.1, -0.05) is 25.5 Å². The van der Waals surface area contributed by atoms with Crippen molar-refractivity contribution in [2.75, 3.05) is 13.2 Å². The van der Waals surface area contributed by atoms with Crippen LogP contribution in [0.15, 0.2) is 30.5 Å². The first kappa shape index (κ1) is 17.1. The molecule has 5 nitrogen and oxygen atoms in total. The number of nitrogens with one attached hydrogen (secondary N) is 1. The molecule has 0 bridgehead atoms. The monoisotopic (exact) mass is 313 g/mol. The average molecular weight is 313 g/mol. The SMILES string of the molecule is CCCc1cnc(C)nc1-c1ccc(C(=O)NCCCO)cc1. The molecule has 0 radical (unpaired) electrons. The number of carbonyl (C=O) groups excluding carboxylic acids is 1. The first-order valence-electron chi connectivity index (χ1n) is 7.97. The lowest BCUT2D eigenvalue weighted by atomic mass is 10.0. The zero-order valence-electron chi connectivity index (χ0n) is 13.7. The van der Waals surface area contributed by atoms with Crippen molar-refractivity contribution in [3.63, 3.8) is 0 Å². The Labute approximate surface area is 136 Å². The van der Waals surface area contributed by atoms with Gasteiger partial charge in [0.25, 0.3) is 5.91 Å². The van der Waals surface area contributed by atoms with Crippen molar-refractivity contribution >= 4 is 5.91 Å². The molecule has 0 saturated heterocycles. The molecule has 5 heteroatoms. The summed E-state index contributed by atoms with van der Waals surface area (Å²) in [7, 11) is 0. The fraction of sp³-hybridized carbons (Fsp3) is 0.389. The van der Waals surface area contributed by atoms with Crippen LogP contribution in [0.25, 0.3) is 11.3 Å². The molecule has 0 atom stereocenters. The predicted octanol–water partition coefficient (Wildman–Crippen LogP) is 2.52. The summed E-state index contributed by atoms with van der Waals surface area (Å²) in [6, 6.07) is 7.44. The lowest BCUT2D eigenvalue weighted by Gasteiger charge is -2.09. The summed E-state index contributed by atoms with van der Waals surface area (Å²) in [5.41, 5.74) is 3.66. The summed E-state index contributed by atoms with van der Waals surface area (Å²) in [6.45, 7) is 4.56. The summed E-state index contributed by atoms with van der Waals surface area (Å²) in [5, 5.41) is 11.5. The molecular weight excluding hydrogens is 290 g/mol. The van der Waals surface area contributed by atoms with Crippen molar-refractivity contribution in [2.45, 2.75) is 33.1 Å². The Kier molecular flexibility index (Phi) is 6.23. The van der Waals surface area contributed by atoms with Gasteiger partial charge in [-0.2, -0.15) is 0 Å². The first-order chi connectivity index (χ1) is 11.2. The highest BCUT2D eigenvalue weighted by atomic mass is 16.3. The Balaban J connectivity index is 2.19. The second-order valence-electron chi connectivity index (χ2n) is 5.45. The predicted molar refractivity (Wildman–Crippen MR) is 90.2 cm³/mol. The average Bonchev–Trinajstić information content (AvgIpc) is 2.57. The van der Waals surface area contributed by atoms with Crippen molar-refractivity contribution in [1.29, 1.82) is 0 Å². The van der Waals surface area contributed by atoms with E-state index < -0.39 is 0 Å². The molecular formula is C18H23N3O2. The van der Waals surface area contributed by atoms with Crippen LogP contribution in [0.3, 0.4) is 0 Å². The second-order valence-corrected chi connectivity index (χ2v) is 5.45. The molecule has 0 fully saturated rings. The van der Waals surface area contributed by atoms with Crippen LogP contribution in [0.4, 0.5) is 0 Å². The molecule has 122 valence electrons. The van der Waals surface area contributed by atoms with Crippen molar-refractivity contribution in [1.82, 2.24) is 15.3 Å². The molecule has 0 saturated carbocycles. The maximum Gasteiger partial charge on any atom is 0.251 e. The van der Waals surface area contributed by atoms with Crippen LogP contribution in [-0.2, 0) is 6.42 Å². The van der Waals surface area contributed by atoms with E-state index in [1.54, 1.807) is 12.1 Å². The number of rotatable bonds is 7. The molecule has 0 aliphatic carbocycles. The van der Waals surface area contributed by atoms with Gasteiger partial charge in [0.2, 0.25) is 0 Å². The van der Waals surface area contributed by atoms with Gasteiger partial charge in [-0.15, -0.1) is 0 Å². The highest BCUT2D eigenvalue weighted by molar-refractivity contribution is 5.94. The van der Waals surface area contributed by atoms with Gasteiger partial charge in [-0.05, 0) is 37.5 Å². The minimum atomic E-state index is -0.127. The standard InChI is InChI=1S/C18H23N3O2/c1-3-5-16-12-20-13(2)21-17(16)14-6-8-15(9-7-14)18(23)19-10-4-11-22/h6-9,12,22H,3-5,10-11H2,1-2H3,(H,19,23). The number of nitrogens with zero attached hydrogens (tertiary/aromatic N) is 2. The summed E-state index contributed by atoms with van der Waals surface area (Å²) < 4.78 is 0. The number of aryl methyl sites for hydroxylation is 2. The third-order valence-corrected chi connectivity index (χ3v) is 3.55. The number of aliphatic hydroxyl groups is 1. The van der Waals surface area contributed by atoms with Crippen LogP contribution in [-0.4, -0.2) is 34.1 Å². The lowest BCUT2D eigenvalue weighted by Crippen LogP contribution is -2.24. The molecule has 0 unspecified atom stereocenters. The zero-order chi connectivity index (χ0) is 16.7. The van der Waals surface area contributed by atoms with E-state index >= 15 is 0 Å². The van der Waals surface area contributed by atoms with Crippen LogP contribution in [0, 0.1) is 6.92 Å². The topological polar surface area (TPSA) is 75.1 Å². The molecule has 2 aromatic rings. The normalized spacial score (nSPS) is 10.6. The highest BCUT2D eigenvalue weighted by Gasteiger charge is 2.10. The third kappa shape index (κ3) is 4.60. The molecule has 1 heterocycles. The van der Waals surface area contributed by atoms with E-state index in [1.165, 1.54) is 0 Å². The van der Waals surface area contributed by atoms with Crippen LogP contribution >= 0.6 is 0 Å². The summed E-state index contributed by atoms with van der Waals surface area (Å²) in [5.74, 6) is 0.614. The zero-order valence-corrected chi connectivity index (χ0v) is 13.7. The Bertz CT molecular complexity index is 654. The van der Waals surface area contributed by atoms with Crippen LogP contribution < -0.4 is 5.32 Å². The summed E-state index contributed by atoms with van der Waals surface area (Å²) in [4.78, 5) is 20.8. The van der Waals surface area contributed by atoms with Gasteiger partial charge in [-0.25, -0.2) is 9.97 Å². The number of hydrogen-bond acceptors (Lipinski definition) is 4. The van der Waals surface area contributed by atoms with E-state index in [1.807, 2.05) is 25.3 Å². The van der Waals surface area contributed by atoms with E-state index in [9.17, 15) is 4.79 Å². The van der Waals surface area contributed by atoms with Crippen LogP contribution in [0.2, 0.25) is 0 Å². The molecule has 1 aromatic carbocycles. The van der Waals surface area contributed by atoms with Gasteiger partial charge in [0.15, 0.2) is 0 Å². The number of hydrogen-bond donors (Lipinski definition) is 2. The maximum absolute atomic E-state index is 12.0. The van der Waals surface area contributed by atoms with E-state index in [0.29, 0.717) is 18.5 Å². The fourth-order valence-corrected chi connectivity index (χ4v) is 2.36. The minimum absolute atomic E-state index is 0.0759. The molecule has 0 aliphatic heterocycles. The van der Waals surface area contributed by atoms with Gasteiger partial charge in [0.1, 0.15) is 5.82 Å². The molecule has 1 amide bonds. The molecule has 1 aromatic heterocycles. The summed E-state index contributed by atoms with van der Waals surface area (Å²) in [6.07, 6.45) is 4.41. The van der Waals surface area contributed by atoms with Crippen molar-refractivity contribution in [3.8, 4) is 11.3 Å². The largest absolute Gasteiger partial charge is 0.396 e. The molecule has 2 N–H and O–H groups in total. The van der Waals surface area contributed by atoms with Crippen LogP contribution in [0.5, 0.6) is 0 Å². The highest BCUT2D eigenvalue weighted by Crippen LogP contribution is 2.23. The Morgan fingerprint density at radius 2 is 2.00 bits per heavy atom. The van der Waals surface area contributed by atoms with Gasteiger partial charge in [0, 0.05) is 30.5 Å². The molecule has 0 aliphatic rings. The minimum Gasteiger partial charge on any atom is -0.396 e. The van der Waals surface area contributed by atoms with Gasteiger partial charge < -0.3 is 10.4 Å². The van der Waals surface area contributed by atoms with Crippen molar-refractivity contribution < 1.29 is 9.90 Å². The Morgan fingerprint density at radius 1 is 1.26 bits per heavy atom. The van der Waals surface area contributed by atoms with Gasteiger partial charge >= 0.3 is 0 Å². The number of aromatic nitrogens is 2. The molecule has 2 rings (SSSR count). The maximum atomic E-state index is 12.0. The van der Waals surface area contributed by atoms with Crippen molar-refractivity contribution in [3.05, 3.63) is 47.4 Å². The Hall–Kier alpha value is -2.27. The van der Waals surface area contributed by atoms with E-state index in [2.05, 4.69) is 22.2 Å². The quantitative estimate of drug-likeness (QED) is 0.770. The van der Waals surface area contributed by atoms with Crippen LogP contribution in [0.1, 0.15) is 41.5 Å². The van der Waals surface area contributed by atoms with E-state index in [0.717, 1.165) is 35.5 Å². The number of amides is 1. The van der Waals surface area contributed by atoms with Crippen molar-refractivity contribution in [2.24, 2.45) is 0 Å².